The van der Waals surface area contributed by atoms with Crippen molar-refractivity contribution in [2.24, 2.45) is 5.92 Å². The average molecular weight is 350 g/mol. The van der Waals surface area contributed by atoms with Crippen molar-refractivity contribution in [1.29, 1.82) is 0 Å². The van der Waals surface area contributed by atoms with E-state index in [1.165, 1.54) is 25.9 Å². The molecule has 2 heteroatoms. The quantitative estimate of drug-likeness (QED) is 0.593. The fourth-order valence-corrected chi connectivity index (χ4v) is 1.06. The first kappa shape index (κ1) is 10.0. The Morgan fingerprint density at radius 2 is 1.78 bits per heavy atom. The van der Waals surface area contributed by atoms with Gasteiger partial charge in [0, 0.05) is 31.1 Å². The second-order valence-electron chi connectivity index (χ2n) is 2.75. The third-order valence-electron chi connectivity index (χ3n) is 1.84. The molecule has 0 saturated carbocycles. The molecular formula is C7H14NU-. The molecule has 1 aliphatic rings. The second-order valence-corrected chi connectivity index (χ2v) is 2.75. The molecule has 0 aromatic rings. The minimum absolute atomic E-state index is 0. The van der Waals surface area contributed by atoms with Gasteiger partial charge in [-0.2, -0.15) is 5.92 Å². The van der Waals surface area contributed by atoms with Gasteiger partial charge in [0.05, 0.1) is 0 Å². The van der Waals surface area contributed by atoms with Crippen LogP contribution in [0.1, 0.15) is 12.8 Å². The Bertz CT molecular complexity index is 57.3. The molecule has 1 fully saturated rings. The van der Waals surface area contributed by atoms with E-state index in [9.17, 15) is 0 Å². The zero-order valence-corrected chi connectivity index (χ0v) is 10.2. The Labute approximate surface area is 81.6 Å². The van der Waals surface area contributed by atoms with Crippen LogP contribution in [0.4, 0.5) is 0 Å². The Morgan fingerprint density at radius 3 is 2.11 bits per heavy atom. The molecular weight excluding hydrogens is 336 g/mol. The fraction of sp³-hybridized carbons (Fsp3) is 0.857. The van der Waals surface area contributed by atoms with Crippen LogP contribution in [0.15, 0.2) is 0 Å². The van der Waals surface area contributed by atoms with E-state index in [-0.39, 0.29) is 31.1 Å². The summed E-state index contributed by atoms with van der Waals surface area (Å²) in [7, 11) is 2.17. The van der Waals surface area contributed by atoms with Crippen molar-refractivity contribution in [1.82, 2.24) is 4.90 Å². The van der Waals surface area contributed by atoms with Crippen LogP contribution >= 0.6 is 0 Å². The Balaban J connectivity index is 0.000000640. The van der Waals surface area contributed by atoms with Crippen LogP contribution in [-0.4, -0.2) is 25.0 Å². The van der Waals surface area contributed by atoms with Gasteiger partial charge < -0.3 is 11.8 Å². The van der Waals surface area contributed by atoms with Crippen molar-refractivity contribution >= 4 is 0 Å². The van der Waals surface area contributed by atoms with E-state index in [2.05, 4.69) is 18.9 Å². The third kappa shape index (κ3) is 3.65. The molecule has 1 saturated heterocycles. The van der Waals surface area contributed by atoms with Crippen LogP contribution < -0.4 is 0 Å². The van der Waals surface area contributed by atoms with Crippen LogP contribution in [0.2, 0.25) is 0 Å². The van der Waals surface area contributed by atoms with Gasteiger partial charge in [0.1, 0.15) is 0 Å². The zero-order chi connectivity index (χ0) is 5.98. The van der Waals surface area contributed by atoms with E-state index in [1.54, 1.807) is 0 Å². The molecule has 0 atom stereocenters. The van der Waals surface area contributed by atoms with Crippen molar-refractivity contribution in [3.05, 3.63) is 6.92 Å². The predicted octanol–water partition coefficient (Wildman–Crippen LogP) is 1.16. The number of rotatable bonds is 0. The van der Waals surface area contributed by atoms with E-state index in [4.69, 9.17) is 0 Å². The molecule has 9 heavy (non-hydrogen) atoms. The van der Waals surface area contributed by atoms with E-state index in [0.717, 1.165) is 5.92 Å². The third-order valence-corrected chi connectivity index (χ3v) is 1.84. The molecule has 0 unspecified atom stereocenters. The molecule has 0 aromatic heterocycles. The van der Waals surface area contributed by atoms with Crippen LogP contribution in [0.3, 0.4) is 0 Å². The minimum Gasteiger partial charge on any atom is -0.340 e. The van der Waals surface area contributed by atoms with Gasteiger partial charge >= 0.3 is 0 Å². The minimum atomic E-state index is 0. The topological polar surface area (TPSA) is 3.24 Å². The smallest absolute Gasteiger partial charge is 0 e. The predicted molar refractivity (Wildman–Crippen MR) is 35.6 cm³/mol. The summed E-state index contributed by atoms with van der Waals surface area (Å²) in [5.74, 6) is 0.728. The molecule has 0 radical (unpaired) electrons. The molecule has 0 bridgehead atoms. The van der Waals surface area contributed by atoms with Crippen molar-refractivity contribution < 1.29 is 31.1 Å². The summed E-state index contributed by atoms with van der Waals surface area (Å²) in [6.45, 7) is 6.49. The van der Waals surface area contributed by atoms with Crippen molar-refractivity contribution in [3.63, 3.8) is 0 Å². The van der Waals surface area contributed by atoms with Crippen molar-refractivity contribution in [2.75, 3.05) is 20.1 Å². The van der Waals surface area contributed by atoms with Crippen LogP contribution in [-0.2, 0) is 0 Å². The van der Waals surface area contributed by atoms with Crippen LogP contribution in [0.5, 0.6) is 0 Å². The first-order valence-electron chi connectivity index (χ1n) is 3.30. The Kier molecular flexibility index (Phi) is 5.31. The summed E-state index contributed by atoms with van der Waals surface area (Å²) < 4.78 is 0. The second kappa shape index (κ2) is 4.77. The Morgan fingerprint density at radius 1 is 1.33 bits per heavy atom. The number of piperidine rings is 1. The van der Waals surface area contributed by atoms with Crippen molar-refractivity contribution in [3.8, 4) is 0 Å². The zero-order valence-electron chi connectivity index (χ0n) is 6.06. The van der Waals surface area contributed by atoms with Gasteiger partial charge in [0.2, 0.25) is 0 Å². The summed E-state index contributed by atoms with van der Waals surface area (Å²) >= 11 is 0. The average Bonchev–Trinajstić information content (AvgIpc) is 1.77. The van der Waals surface area contributed by atoms with Gasteiger partial charge in [-0.25, -0.2) is 0 Å². The van der Waals surface area contributed by atoms with Crippen LogP contribution in [0.25, 0.3) is 0 Å². The van der Waals surface area contributed by atoms with Gasteiger partial charge in [-0.15, -0.1) is 0 Å². The molecule has 1 rings (SSSR count). The molecule has 1 heterocycles. The number of hydrogen-bond acceptors (Lipinski definition) is 1. The molecule has 0 aliphatic carbocycles. The molecule has 52 valence electrons. The van der Waals surface area contributed by atoms with Crippen molar-refractivity contribution in [2.45, 2.75) is 12.8 Å². The van der Waals surface area contributed by atoms with E-state index in [0.29, 0.717) is 0 Å². The number of hydrogen-bond donors (Lipinski definition) is 0. The summed E-state index contributed by atoms with van der Waals surface area (Å²) in [5.41, 5.74) is 0. The summed E-state index contributed by atoms with van der Waals surface area (Å²) in [4.78, 5) is 2.36. The molecule has 1 nitrogen and oxygen atoms in total. The number of nitrogens with zero attached hydrogens (tertiary/aromatic N) is 1. The van der Waals surface area contributed by atoms with Gasteiger partial charge in [0.25, 0.3) is 0 Å². The van der Waals surface area contributed by atoms with E-state index >= 15 is 0 Å². The van der Waals surface area contributed by atoms with Gasteiger partial charge in [0.15, 0.2) is 0 Å². The molecule has 0 amide bonds. The standard InChI is InChI=1S/C7H14N.U/c1-7-3-5-8(2)6-4-7;/h7H,1,3-6H2,2H3;/q-1;. The summed E-state index contributed by atoms with van der Waals surface area (Å²) in [6, 6.07) is 0. The molecule has 0 spiro atoms. The monoisotopic (exact) mass is 350 g/mol. The maximum Gasteiger partial charge on any atom is 0 e. The maximum absolute atomic E-state index is 4.01. The van der Waals surface area contributed by atoms with E-state index in [1.807, 2.05) is 0 Å². The van der Waals surface area contributed by atoms with Crippen LogP contribution in [0, 0.1) is 44.0 Å². The first-order valence-corrected chi connectivity index (χ1v) is 3.30. The van der Waals surface area contributed by atoms with Gasteiger partial charge in [-0.05, 0) is 20.1 Å². The van der Waals surface area contributed by atoms with Gasteiger partial charge in [-0.3, -0.25) is 0 Å². The normalized spacial score (nSPS) is 23.3. The Hall–Kier alpha value is 1.01. The maximum atomic E-state index is 4.01. The molecule has 0 aromatic carbocycles. The van der Waals surface area contributed by atoms with E-state index < -0.39 is 0 Å². The summed E-state index contributed by atoms with van der Waals surface area (Å²) in [6.07, 6.45) is 2.58. The van der Waals surface area contributed by atoms with Gasteiger partial charge in [-0.1, -0.05) is 12.8 Å². The number of likely N-dealkylation sites (tertiary alicyclic amines) is 1. The first-order chi connectivity index (χ1) is 3.79. The fourth-order valence-electron chi connectivity index (χ4n) is 1.06. The SMILES string of the molecule is [CH2-]C1CCN(C)CC1.[U]. The molecule has 0 N–H and O–H groups in total. The molecule has 1 aliphatic heterocycles. The summed E-state index contributed by atoms with van der Waals surface area (Å²) in [5, 5.41) is 0. The largest absolute Gasteiger partial charge is 0.340 e.